The Morgan fingerprint density at radius 2 is 2.12 bits per heavy atom. The largest absolute Gasteiger partial charge is 0.331 e. The van der Waals surface area contributed by atoms with Crippen molar-refractivity contribution in [2.75, 3.05) is 0 Å². The summed E-state index contributed by atoms with van der Waals surface area (Å²) in [5.74, 6) is -0.399. The van der Waals surface area contributed by atoms with Gasteiger partial charge >= 0.3 is 6.03 Å². The Bertz CT molecular complexity index is 742. The Hall–Kier alpha value is -2.51. The van der Waals surface area contributed by atoms with E-state index in [0.717, 1.165) is 43.9 Å². The zero-order valence-corrected chi connectivity index (χ0v) is 14.1. The molecule has 1 aliphatic rings. The van der Waals surface area contributed by atoms with E-state index >= 15 is 0 Å². The first kappa shape index (κ1) is 17.3. The predicted octanol–water partition coefficient (Wildman–Crippen LogP) is 2.75. The second kappa shape index (κ2) is 7.58. The van der Waals surface area contributed by atoms with Crippen LogP contribution in [0.4, 0.5) is 13.6 Å². The molecule has 3 rings (SSSR count). The summed E-state index contributed by atoms with van der Waals surface area (Å²) in [4.78, 5) is 18.3. The summed E-state index contributed by atoms with van der Waals surface area (Å²) in [6.07, 6.45) is 5.22. The van der Waals surface area contributed by atoms with Crippen LogP contribution < -0.4 is 5.32 Å². The van der Waals surface area contributed by atoms with Crippen LogP contribution in [0.5, 0.6) is 0 Å². The van der Waals surface area contributed by atoms with Crippen molar-refractivity contribution in [2.45, 2.75) is 44.8 Å². The van der Waals surface area contributed by atoms with Gasteiger partial charge in [-0.2, -0.15) is 5.10 Å². The third kappa shape index (κ3) is 4.12. The van der Waals surface area contributed by atoms with E-state index < -0.39 is 11.6 Å². The zero-order chi connectivity index (χ0) is 17.8. The van der Waals surface area contributed by atoms with E-state index in [0.29, 0.717) is 5.82 Å². The smallest absolute Gasteiger partial charge is 0.318 e. The molecular weight excluding hydrogens is 328 g/mol. The highest BCUT2D eigenvalue weighted by molar-refractivity contribution is 5.74. The highest BCUT2D eigenvalue weighted by Crippen LogP contribution is 2.26. The van der Waals surface area contributed by atoms with Gasteiger partial charge in [-0.1, -0.05) is 12.8 Å². The number of benzene rings is 1. The Balaban J connectivity index is 1.73. The minimum Gasteiger partial charge on any atom is -0.331 e. The van der Waals surface area contributed by atoms with Gasteiger partial charge in [0, 0.05) is 18.7 Å². The summed E-state index contributed by atoms with van der Waals surface area (Å²) >= 11 is 0. The lowest BCUT2D eigenvalue weighted by atomic mass is 10.1. The van der Waals surface area contributed by atoms with Gasteiger partial charge in [-0.15, -0.1) is 0 Å². The third-order valence-electron chi connectivity index (χ3n) is 4.58. The van der Waals surface area contributed by atoms with Crippen molar-refractivity contribution in [1.82, 2.24) is 25.0 Å². The molecule has 0 aliphatic heterocycles. The third-order valence-corrected chi connectivity index (χ3v) is 4.58. The van der Waals surface area contributed by atoms with Crippen molar-refractivity contribution >= 4 is 6.03 Å². The molecule has 2 aromatic rings. The van der Waals surface area contributed by atoms with E-state index in [1.54, 1.807) is 16.6 Å². The topological polar surface area (TPSA) is 63.1 Å². The summed E-state index contributed by atoms with van der Waals surface area (Å²) < 4.78 is 29.0. The van der Waals surface area contributed by atoms with Gasteiger partial charge in [-0.05, 0) is 31.0 Å². The molecule has 0 unspecified atom stereocenters. The number of aromatic nitrogens is 3. The standard InChI is InChI=1S/C17H21F2N5O/c1-23-16(21-11-22-23)9-20-17(25)24(14-4-2-3-5-14)10-12-8-13(18)6-7-15(12)19/h6-8,11,14H,2-5,9-10H2,1H3,(H,20,25). The number of carbonyl (C=O) groups excluding carboxylic acids is 1. The van der Waals surface area contributed by atoms with Crippen LogP contribution in [0.1, 0.15) is 37.1 Å². The molecule has 0 spiro atoms. The predicted molar refractivity (Wildman–Crippen MR) is 87.4 cm³/mol. The first-order valence-electron chi connectivity index (χ1n) is 8.36. The maximum absolute atomic E-state index is 14.0. The van der Waals surface area contributed by atoms with Gasteiger partial charge in [0.05, 0.1) is 13.1 Å². The van der Waals surface area contributed by atoms with Crippen LogP contribution in [-0.4, -0.2) is 31.7 Å². The second-order valence-electron chi connectivity index (χ2n) is 6.26. The van der Waals surface area contributed by atoms with Crippen molar-refractivity contribution in [3.63, 3.8) is 0 Å². The van der Waals surface area contributed by atoms with Gasteiger partial charge in [-0.3, -0.25) is 4.68 Å². The molecule has 1 aliphatic carbocycles. The Labute approximate surface area is 144 Å². The Kier molecular flexibility index (Phi) is 5.25. The second-order valence-corrected chi connectivity index (χ2v) is 6.26. The number of aryl methyl sites for hydroxylation is 1. The number of hydrogen-bond acceptors (Lipinski definition) is 3. The first-order valence-corrected chi connectivity index (χ1v) is 8.36. The van der Waals surface area contributed by atoms with E-state index in [9.17, 15) is 13.6 Å². The van der Waals surface area contributed by atoms with Crippen LogP contribution in [0.2, 0.25) is 0 Å². The molecule has 2 amide bonds. The number of nitrogens with zero attached hydrogens (tertiary/aromatic N) is 4. The van der Waals surface area contributed by atoms with Crippen LogP contribution in [-0.2, 0) is 20.1 Å². The number of urea groups is 1. The molecule has 0 atom stereocenters. The normalized spacial score (nSPS) is 14.7. The number of halogens is 2. The molecule has 8 heteroatoms. The fourth-order valence-corrected chi connectivity index (χ4v) is 3.17. The fourth-order valence-electron chi connectivity index (χ4n) is 3.17. The average Bonchev–Trinajstić information content (AvgIpc) is 3.25. The Morgan fingerprint density at radius 1 is 1.36 bits per heavy atom. The van der Waals surface area contributed by atoms with Crippen molar-refractivity contribution in [1.29, 1.82) is 0 Å². The van der Waals surface area contributed by atoms with Crippen molar-refractivity contribution < 1.29 is 13.6 Å². The molecule has 1 heterocycles. The van der Waals surface area contributed by atoms with E-state index in [1.165, 1.54) is 6.33 Å². The van der Waals surface area contributed by atoms with Crippen molar-refractivity contribution in [3.05, 3.63) is 47.5 Å². The quantitative estimate of drug-likeness (QED) is 0.903. The molecule has 1 saturated carbocycles. The molecule has 0 saturated heterocycles. The SMILES string of the molecule is Cn1ncnc1CNC(=O)N(Cc1cc(F)ccc1F)C1CCCC1. The van der Waals surface area contributed by atoms with Gasteiger partial charge in [0.25, 0.3) is 0 Å². The molecule has 1 aromatic carbocycles. The van der Waals surface area contributed by atoms with Gasteiger partial charge < -0.3 is 10.2 Å². The molecule has 0 bridgehead atoms. The van der Waals surface area contributed by atoms with Crippen LogP contribution >= 0.6 is 0 Å². The van der Waals surface area contributed by atoms with Gasteiger partial charge in [0.1, 0.15) is 23.8 Å². The van der Waals surface area contributed by atoms with E-state index in [2.05, 4.69) is 15.4 Å². The minimum atomic E-state index is -0.512. The summed E-state index contributed by atoms with van der Waals surface area (Å²) in [5.41, 5.74) is 0.181. The van der Waals surface area contributed by atoms with Crippen LogP contribution in [0.25, 0.3) is 0 Å². The van der Waals surface area contributed by atoms with Crippen molar-refractivity contribution in [2.24, 2.45) is 7.05 Å². The number of amides is 2. The van der Waals surface area contributed by atoms with E-state index in [4.69, 9.17) is 0 Å². The van der Waals surface area contributed by atoms with Gasteiger partial charge in [0.15, 0.2) is 0 Å². The molecule has 0 radical (unpaired) electrons. The summed E-state index contributed by atoms with van der Waals surface area (Å²) in [7, 11) is 1.74. The van der Waals surface area contributed by atoms with Crippen LogP contribution in [0.15, 0.2) is 24.5 Å². The number of hydrogen-bond donors (Lipinski definition) is 1. The fraction of sp³-hybridized carbons (Fsp3) is 0.471. The van der Waals surface area contributed by atoms with Crippen LogP contribution in [0.3, 0.4) is 0 Å². The van der Waals surface area contributed by atoms with Crippen molar-refractivity contribution in [3.8, 4) is 0 Å². The molecule has 1 N–H and O–H groups in total. The Morgan fingerprint density at radius 3 is 2.80 bits per heavy atom. The lowest BCUT2D eigenvalue weighted by Gasteiger charge is -2.29. The van der Waals surface area contributed by atoms with E-state index in [-0.39, 0.29) is 30.7 Å². The molecule has 1 aromatic heterocycles. The number of nitrogens with one attached hydrogen (secondary N) is 1. The highest BCUT2D eigenvalue weighted by atomic mass is 19.1. The lowest BCUT2D eigenvalue weighted by molar-refractivity contribution is 0.169. The summed E-state index contributed by atoms with van der Waals surface area (Å²) in [5, 5.41) is 6.76. The first-order chi connectivity index (χ1) is 12.0. The summed E-state index contributed by atoms with van der Waals surface area (Å²) in [6.45, 7) is 0.267. The summed E-state index contributed by atoms with van der Waals surface area (Å²) in [6, 6.07) is 3.04. The maximum atomic E-state index is 14.0. The molecule has 134 valence electrons. The number of rotatable bonds is 5. The monoisotopic (exact) mass is 349 g/mol. The molecule has 1 fully saturated rings. The molecule has 6 nitrogen and oxygen atoms in total. The average molecular weight is 349 g/mol. The minimum absolute atomic E-state index is 0.0298. The highest BCUT2D eigenvalue weighted by Gasteiger charge is 2.27. The molecular formula is C17H21F2N5O. The van der Waals surface area contributed by atoms with Gasteiger partial charge in [0.2, 0.25) is 0 Å². The number of carbonyl (C=O) groups is 1. The zero-order valence-electron chi connectivity index (χ0n) is 14.1. The molecule has 25 heavy (non-hydrogen) atoms. The van der Waals surface area contributed by atoms with Gasteiger partial charge in [-0.25, -0.2) is 18.6 Å². The van der Waals surface area contributed by atoms with E-state index in [1.807, 2.05) is 0 Å². The maximum Gasteiger partial charge on any atom is 0.318 e. The van der Waals surface area contributed by atoms with Crippen LogP contribution in [0, 0.1) is 11.6 Å². The lowest BCUT2D eigenvalue weighted by Crippen LogP contribution is -2.44.